The highest BCUT2D eigenvalue weighted by atomic mass is 35.5. The number of aromatic nitrogens is 1. The lowest BCUT2D eigenvalue weighted by atomic mass is 10.2. The van der Waals surface area contributed by atoms with Gasteiger partial charge in [0.15, 0.2) is 0 Å². The second-order valence-corrected chi connectivity index (χ2v) is 8.36. The Bertz CT molecular complexity index is 1050. The van der Waals surface area contributed by atoms with Crippen molar-refractivity contribution < 1.29 is 17.6 Å². The van der Waals surface area contributed by atoms with Crippen LogP contribution < -0.4 is 5.32 Å². The van der Waals surface area contributed by atoms with E-state index in [0.29, 0.717) is 11.4 Å². The molecule has 2 heterocycles. The summed E-state index contributed by atoms with van der Waals surface area (Å²) < 4.78 is 32.4. The second-order valence-electron chi connectivity index (χ2n) is 6.03. The van der Waals surface area contributed by atoms with E-state index in [1.165, 1.54) is 18.4 Å². The van der Waals surface area contributed by atoms with Gasteiger partial charge in [-0.3, -0.25) is 4.79 Å². The van der Waals surface area contributed by atoms with E-state index in [4.69, 9.17) is 16.0 Å². The largest absolute Gasteiger partial charge is 0.468 e. The van der Waals surface area contributed by atoms with Crippen LogP contribution in [-0.4, -0.2) is 30.2 Å². The molecule has 0 saturated carbocycles. The third-order valence-electron chi connectivity index (χ3n) is 3.99. The van der Waals surface area contributed by atoms with E-state index >= 15 is 0 Å². The summed E-state index contributed by atoms with van der Waals surface area (Å²) >= 11 is 5.75. The van der Waals surface area contributed by atoms with Crippen molar-refractivity contribution in [3.05, 3.63) is 77.5 Å². The van der Waals surface area contributed by atoms with Gasteiger partial charge in [-0.2, -0.15) is 4.31 Å². The SMILES string of the molecule is Cc1ccccc1NC(=O)CN(Cc1ccco1)S(=O)(=O)c1ccc(Cl)nc1. The number of nitrogens with zero attached hydrogens (tertiary/aromatic N) is 2. The van der Waals surface area contributed by atoms with E-state index in [1.807, 2.05) is 19.1 Å². The molecule has 28 heavy (non-hydrogen) atoms. The first-order valence-electron chi connectivity index (χ1n) is 8.36. The fraction of sp³-hybridized carbons (Fsp3) is 0.158. The molecule has 0 aliphatic rings. The number of halogens is 1. The number of rotatable bonds is 7. The average molecular weight is 420 g/mol. The van der Waals surface area contributed by atoms with Gasteiger partial charge in [0.05, 0.1) is 19.4 Å². The third kappa shape index (κ3) is 4.78. The number of aryl methyl sites for hydroxylation is 1. The molecule has 2 aromatic heterocycles. The highest BCUT2D eigenvalue weighted by Gasteiger charge is 2.28. The minimum atomic E-state index is -4.00. The maximum atomic E-state index is 13.0. The Kier molecular flexibility index (Phi) is 6.13. The number of hydrogen-bond acceptors (Lipinski definition) is 5. The highest BCUT2D eigenvalue weighted by Crippen LogP contribution is 2.20. The van der Waals surface area contributed by atoms with Gasteiger partial charge in [0.1, 0.15) is 15.8 Å². The smallest absolute Gasteiger partial charge is 0.245 e. The molecule has 9 heteroatoms. The number of amides is 1. The number of furan rings is 1. The quantitative estimate of drug-likeness (QED) is 0.592. The van der Waals surface area contributed by atoms with E-state index < -0.39 is 15.9 Å². The summed E-state index contributed by atoms with van der Waals surface area (Å²) in [6, 6.07) is 13.3. The van der Waals surface area contributed by atoms with E-state index in [-0.39, 0.29) is 23.1 Å². The molecule has 3 aromatic rings. The van der Waals surface area contributed by atoms with Crippen molar-refractivity contribution in [2.45, 2.75) is 18.4 Å². The van der Waals surface area contributed by atoms with Crippen LogP contribution in [0.15, 0.2) is 70.3 Å². The number of para-hydroxylation sites is 1. The van der Waals surface area contributed by atoms with Crippen molar-refractivity contribution in [2.24, 2.45) is 0 Å². The molecule has 1 aromatic carbocycles. The fourth-order valence-electron chi connectivity index (χ4n) is 2.53. The Balaban J connectivity index is 1.85. The van der Waals surface area contributed by atoms with Crippen molar-refractivity contribution in [1.82, 2.24) is 9.29 Å². The van der Waals surface area contributed by atoms with Crippen LogP contribution in [0.4, 0.5) is 5.69 Å². The van der Waals surface area contributed by atoms with E-state index in [1.54, 1.807) is 24.3 Å². The summed E-state index contributed by atoms with van der Waals surface area (Å²) in [5.41, 5.74) is 1.49. The minimum Gasteiger partial charge on any atom is -0.468 e. The number of benzene rings is 1. The van der Waals surface area contributed by atoms with E-state index in [9.17, 15) is 13.2 Å². The average Bonchev–Trinajstić information content (AvgIpc) is 3.17. The molecule has 0 aliphatic heterocycles. The van der Waals surface area contributed by atoms with Crippen LogP contribution in [0.3, 0.4) is 0 Å². The number of carbonyl (C=O) groups excluding carboxylic acids is 1. The van der Waals surface area contributed by atoms with Crippen LogP contribution in [0, 0.1) is 6.92 Å². The number of anilines is 1. The zero-order valence-corrected chi connectivity index (χ0v) is 16.6. The first-order valence-corrected chi connectivity index (χ1v) is 10.2. The van der Waals surface area contributed by atoms with Gasteiger partial charge in [-0.1, -0.05) is 29.8 Å². The molecule has 1 amide bonds. The van der Waals surface area contributed by atoms with Gasteiger partial charge in [-0.15, -0.1) is 0 Å². The summed E-state index contributed by atoms with van der Waals surface area (Å²) in [5.74, 6) is -0.0551. The molecule has 146 valence electrons. The molecule has 0 bridgehead atoms. The standard InChI is InChI=1S/C19H18ClN3O4S/c1-14-5-2-3-7-17(14)22-19(24)13-23(12-15-6-4-10-27-15)28(25,26)16-8-9-18(20)21-11-16/h2-11H,12-13H2,1H3,(H,22,24). The van der Waals surface area contributed by atoms with Crippen LogP contribution in [0.25, 0.3) is 0 Å². The van der Waals surface area contributed by atoms with Crippen molar-refractivity contribution in [2.75, 3.05) is 11.9 Å². The number of carbonyl (C=O) groups is 1. The van der Waals surface area contributed by atoms with Gasteiger partial charge >= 0.3 is 0 Å². The lowest BCUT2D eigenvalue weighted by Crippen LogP contribution is -2.37. The van der Waals surface area contributed by atoms with Crippen molar-refractivity contribution in [3.8, 4) is 0 Å². The zero-order chi connectivity index (χ0) is 20.1. The van der Waals surface area contributed by atoms with Gasteiger partial charge in [0.25, 0.3) is 0 Å². The second kappa shape index (κ2) is 8.55. The molecule has 0 aliphatic carbocycles. The van der Waals surface area contributed by atoms with Crippen LogP contribution in [0.5, 0.6) is 0 Å². The number of hydrogen-bond donors (Lipinski definition) is 1. The van der Waals surface area contributed by atoms with Gasteiger partial charge in [0, 0.05) is 11.9 Å². The Labute approximate surface area is 168 Å². The van der Waals surface area contributed by atoms with Gasteiger partial charge in [0.2, 0.25) is 15.9 Å². The maximum Gasteiger partial charge on any atom is 0.245 e. The minimum absolute atomic E-state index is 0.0628. The molecule has 0 spiro atoms. The first-order chi connectivity index (χ1) is 13.4. The van der Waals surface area contributed by atoms with Crippen molar-refractivity contribution in [3.63, 3.8) is 0 Å². The van der Waals surface area contributed by atoms with Gasteiger partial charge in [-0.05, 0) is 42.8 Å². The Morgan fingerprint density at radius 1 is 1.18 bits per heavy atom. The molecule has 0 radical (unpaired) electrons. The summed E-state index contributed by atoms with van der Waals surface area (Å²) in [6.07, 6.45) is 2.60. The molecule has 0 fully saturated rings. The summed E-state index contributed by atoms with van der Waals surface area (Å²) in [5, 5.41) is 2.92. The van der Waals surface area contributed by atoms with Crippen LogP contribution in [0.2, 0.25) is 5.15 Å². The van der Waals surface area contributed by atoms with Gasteiger partial charge < -0.3 is 9.73 Å². The topological polar surface area (TPSA) is 92.5 Å². The van der Waals surface area contributed by atoms with Crippen LogP contribution >= 0.6 is 11.6 Å². The molecule has 1 N–H and O–H groups in total. The lowest BCUT2D eigenvalue weighted by Gasteiger charge is -2.21. The Morgan fingerprint density at radius 3 is 2.61 bits per heavy atom. The molecule has 0 saturated heterocycles. The monoisotopic (exact) mass is 419 g/mol. The molecular formula is C19H18ClN3O4S. The van der Waals surface area contributed by atoms with E-state index in [0.717, 1.165) is 16.1 Å². The molecule has 3 rings (SSSR count). The van der Waals surface area contributed by atoms with E-state index in [2.05, 4.69) is 10.3 Å². The first kappa shape index (κ1) is 20.1. The maximum absolute atomic E-state index is 13.0. The molecule has 7 nitrogen and oxygen atoms in total. The molecule has 0 atom stereocenters. The summed E-state index contributed by atoms with van der Waals surface area (Å²) in [7, 11) is -4.00. The Hall–Kier alpha value is -2.68. The molecular weight excluding hydrogens is 402 g/mol. The lowest BCUT2D eigenvalue weighted by molar-refractivity contribution is -0.116. The fourth-order valence-corrected chi connectivity index (χ4v) is 3.95. The van der Waals surface area contributed by atoms with Gasteiger partial charge in [-0.25, -0.2) is 13.4 Å². The molecule has 0 unspecified atom stereocenters. The summed E-state index contributed by atoms with van der Waals surface area (Å²) in [4.78, 5) is 16.3. The Morgan fingerprint density at radius 2 is 1.96 bits per heavy atom. The highest BCUT2D eigenvalue weighted by molar-refractivity contribution is 7.89. The normalized spacial score (nSPS) is 11.5. The predicted octanol–water partition coefficient (Wildman–Crippen LogP) is 3.47. The van der Waals surface area contributed by atoms with Crippen LogP contribution in [0.1, 0.15) is 11.3 Å². The number of pyridine rings is 1. The predicted molar refractivity (Wildman–Crippen MR) is 105 cm³/mol. The zero-order valence-electron chi connectivity index (χ0n) is 15.0. The summed E-state index contributed by atoms with van der Waals surface area (Å²) in [6.45, 7) is 1.37. The van der Waals surface area contributed by atoms with Crippen molar-refractivity contribution >= 4 is 33.2 Å². The number of sulfonamides is 1. The van der Waals surface area contributed by atoms with Crippen molar-refractivity contribution in [1.29, 1.82) is 0 Å². The number of nitrogens with one attached hydrogen (secondary N) is 1. The third-order valence-corrected chi connectivity index (χ3v) is 5.99. The van der Waals surface area contributed by atoms with Crippen LogP contribution in [-0.2, 0) is 21.4 Å².